The third-order valence-corrected chi connectivity index (χ3v) is 11.0. The summed E-state index contributed by atoms with van der Waals surface area (Å²) in [6.07, 6.45) is -0.326. The van der Waals surface area contributed by atoms with E-state index in [2.05, 4.69) is 10.3 Å². The van der Waals surface area contributed by atoms with Gasteiger partial charge in [-0.1, -0.05) is 103 Å². The monoisotopic (exact) mass is 711 g/mol. The number of carbonyl (C=O) groups is 4. The molecule has 3 heterocycles. The number of nitrogens with one attached hydrogen (secondary N) is 1. The SMILES string of the molecule is O=C(O)CCc1csc(SC2=C(C(=O)OC(c3ccccc3)c3ccccc3)N3C(=O)[C@@H](NC(=O)Cc4ccccc4)[C@H]3SC2)n1.[KH]. The molecule has 1 aromatic heterocycles. The molecular formula is C34H30KN3O6S3. The molecule has 0 aliphatic carbocycles. The predicted octanol–water partition coefficient (Wildman–Crippen LogP) is 4.79. The number of thiazole rings is 1. The number of nitrogens with zero attached hydrogens (tertiary/aromatic N) is 2. The van der Waals surface area contributed by atoms with Crippen molar-refractivity contribution in [3.05, 3.63) is 129 Å². The van der Waals surface area contributed by atoms with Crippen molar-refractivity contribution in [2.75, 3.05) is 5.75 Å². The summed E-state index contributed by atoms with van der Waals surface area (Å²) in [5, 5.41) is 13.2. The number of benzene rings is 3. The van der Waals surface area contributed by atoms with Crippen molar-refractivity contribution in [2.24, 2.45) is 0 Å². The van der Waals surface area contributed by atoms with E-state index in [4.69, 9.17) is 9.84 Å². The molecule has 1 saturated heterocycles. The number of amides is 2. The molecule has 1 fully saturated rings. The Labute approximate surface area is 327 Å². The summed E-state index contributed by atoms with van der Waals surface area (Å²) < 4.78 is 6.84. The number of aliphatic carboxylic acids is 1. The molecular weight excluding hydrogens is 682 g/mol. The van der Waals surface area contributed by atoms with Gasteiger partial charge in [0.1, 0.15) is 17.1 Å². The maximum absolute atomic E-state index is 14.2. The summed E-state index contributed by atoms with van der Waals surface area (Å²) in [6, 6.07) is 27.3. The number of β-lactam (4-membered cyclic amide) rings is 1. The van der Waals surface area contributed by atoms with Crippen LogP contribution in [0.3, 0.4) is 0 Å². The van der Waals surface area contributed by atoms with Gasteiger partial charge in [0.2, 0.25) is 5.91 Å². The van der Waals surface area contributed by atoms with E-state index in [1.54, 1.807) is 5.38 Å². The third-order valence-electron chi connectivity index (χ3n) is 7.42. The van der Waals surface area contributed by atoms with Crippen LogP contribution in [0.4, 0.5) is 0 Å². The van der Waals surface area contributed by atoms with Crippen LogP contribution in [0.1, 0.15) is 34.9 Å². The Morgan fingerprint density at radius 3 is 2.21 bits per heavy atom. The fourth-order valence-electron chi connectivity index (χ4n) is 5.20. The van der Waals surface area contributed by atoms with E-state index in [0.717, 1.165) is 16.7 Å². The molecule has 3 aromatic carbocycles. The number of ether oxygens (including phenoxy) is 1. The average molecular weight is 712 g/mol. The molecule has 47 heavy (non-hydrogen) atoms. The van der Waals surface area contributed by atoms with E-state index >= 15 is 0 Å². The van der Waals surface area contributed by atoms with Gasteiger partial charge >= 0.3 is 63.3 Å². The number of carboxylic acids is 1. The minimum atomic E-state index is -0.905. The van der Waals surface area contributed by atoms with Crippen LogP contribution in [0, 0.1) is 0 Å². The van der Waals surface area contributed by atoms with Gasteiger partial charge in [0, 0.05) is 22.5 Å². The fourth-order valence-corrected chi connectivity index (χ4v) is 8.70. The van der Waals surface area contributed by atoms with Crippen LogP contribution in [0.25, 0.3) is 0 Å². The maximum atomic E-state index is 14.2. The Morgan fingerprint density at radius 1 is 0.979 bits per heavy atom. The van der Waals surface area contributed by atoms with Crippen LogP contribution >= 0.6 is 34.9 Å². The zero-order chi connectivity index (χ0) is 32.0. The second-order valence-electron chi connectivity index (χ2n) is 10.6. The molecule has 0 saturated carbocycles. The van der Waals surface area contributed by atoms with Gasteiger partial charge in [-0.25, -0.2) is 9.78 Å². The van der Waals surface area contributed by atoms with E-state index in [1.165, 1.54) is 39.8 Å². The molecule has 2 aliphatic rings. The fraction of sp³-hybridized carbons (Fsp3) is 0.206. The van der Waals surface area contributed by atoms with Crippen molar-refractivity contribution in [1.82, 2.24) is 15.2 Å². The third kappa shape index (κ3) is 8.65. The van der Waals surface area contributed by atoms with Crippen LogP contribution in [-0.4, -0.2) is 107 Å². The second kappa shape index (κ2) is 16.6. The zero-order valence-corrected chi connectivity index (χ0v) is 26.9. The summed E-state index contributed by atoms with van der Waals surface area (Å²) in [4.78, 5) is 58.3. The number of thioether (sulfide) groups is 2. The molecule has 4 aromatic rings. The van der Waals surface area contributed by atoms with Crippen LogP contribution in [0.2, 0.25) is 0 Å². The number of aromatic nitrogens is 1. The molecule has 6 rings (SSSR count). The topological polar surface area (TPSA) is 126 Å². The number of carbonyl (C=O) groups excluding carboxylic acids is 3. The summed E-state index contributed by atoms with van der Waals surface area (Å²) >= 11 is 4.08. The molecule has 236 valence electrons. The number of rotatable bonds is 12. The average Bonchev–Trinajstić information content (AvgIpc) is 3.53. The van der Waals surface area contributed by atoms with Gasteiger partial charge in [-0.2, -0.15) is 0 Å². The van der Waals surface area contributed by atoms with Gasteiger partial charge in [0.25, 0.3) is 5.91 Å². The second-order valence-corrected chi connectivity index (χ2v) is 13.9. The Bertz CT molecular complexity index is 1730. The van der Waals surface area contributed by atoms with Crippen molar-refractivity contribution in [3.63, 3.8) is 0 Å². The van der Waals surface area contributed by atoms with Gasteiger partial charge in [-0.3, -0.25) is 19.3 Å². The van der Waals surface area contributed by atoms with E-state index in [0.29, 0.717) is 27.1 Å². The Kier molecular flexibility index (Phi) is 12.5. The number of fused-ring (bicyclic) bond motifs is 1. The van der Waals surface area contributed by atoms with Gasteiger partial charge in [0.05, 0.1) is 18.5 Å². The molecule has 2 aliphatic heterocycles. The molecule has 0 radical (unpaired) electrons. The molecule has 2 atom stereocenters. The Balaban J connectivity index is 0.00000433. The standard InChI is InChI=1S/C34H29N3O6S3.K.H/c38-26(18-21-10-4-1-5-11-21)36-28-31(41)37-29(25(20-44-32(28)37)46-34-35-24(19-45-34)16-17-27(39)40)33(42)43-30(22-12-6-2-7-13-22)23-14-8-3-9-15-23;;/h1-15,19,28,30,32H,16-18,20H2,(H,36,38)(H,39,40);;/t28-,32-;;/m1../s1. The van der Waals surface area contributed by atoms with E-state index < -0.39 is 29.5 Å². The zero-order valence-electron chi connectivity index (χ0n) is 24.4. The normalized spacial score (nSPS) is 17.0. The van der Waals surface area contributed by atoms with Gasteiger partial charge in [-0.05, 0) is 16.7 Å². The summed E-state index contributed by atoms with van der Waals surface area (Å²) in [6.45, 7) is 0. The summed E-state index contributed by atoms with van der Waals surface area (Å²) in [5.41, 5.74) is 3.17. The summed E-state index contributed by atoms with van der Waals surface area (Å²) in [5.74, 6) is -1.84. The molecule has 2 N–H and O–H groups in total. The van der Waals surface area contributed by atoms with Gasteiger partial charge < -0.3 is 15.2 Å². The van der Waals surface area contributed by atoms with Crippen LogP contribution in [-0.2, 0) is 36.8 Å². The van der Waals surface area contributed by atoms with Crippen molar-refractivity contribution in [2.45, 2.75) is 41.1 Å². The number of hydrogen-bond donors (Lipinski definition) is 2. The first kappa shape index (κ1) is 35.6. The molecule has 13 heteroatoms. The number of carboxylic acid groups (broad SMARTS) is 1. The molecule has 9 nitrogen and oxygen atoms in total. The van der Waals surface area contributed by atoms with Crippen LogP contribution in [0.5, 0.6) is 0 Å². The van der Waals surface area contributed by atoms with Crippen LogP contribution < -0.4 is 5.32 Å². The van der Waals surface area contributed by atoms with Crippen molar-refractivity contribution in [3.8, 4) is 0 Å². The number of aryl methyl sites for hydroxylation is 1. The van der Waals surface area contributed by atoms with E-state index in [1.807, 2.05) is 91.0 Å². The first-order valence-corrected chi connectivity index (χ1v) is 17.3. The minimum absolute atomic E-state index is 0. The number of hydrogen-bond acceptors (Lipinski definition) is 9. The Morgan fingerprint density at radius 2 is 1.60 bits per heavy atom. The van der Waals surface area contributed by atoms with Gasteiger partial charge in [-0.15, -0.1) is 23.1 Å². The van der Waals surface area contributed by atoms with Gasteiger partial charge in [0.15, 0.2) is 10.4 Å². The van der Waals surface area contributed by atoms with E-state index in [-0.39, 0.29) is 81.7 Å². The first-order valence-electron chi connectivity index (χ1n) is 14.5. The molecule has 0 unspecified atom stereocenters. The number of esters is 1. The quantitative estimate of drug-likeness (QED) is 0.121. The van der Waals surface area contributed by atoms with Crippen LogP contribution in [0.15, 0.2) is 111 Å². The van der Waals surface area contributed by atoms with Crippen molar-refractivity contribution >= 4 is 110 Å². The first-order chi connectivity index (χ1) is 22.4. The molecule has 0 bridgehead atoms. The Hall–Kier alpha value is -2.75. The summed E-state index contributed by atoms with van der Waals surface area (Å²) in [7, 11) is 0. The van der Waals surface area contributed by atoms with Crippen molar-refractivity contribution in [1.29, 1.82) is 0 Å². The molecule has 0 spiro atoms. The van der Waals surface area contributed by atoms with Crippen molar-refractivity contribution < 1.29 is 29.0 Å². The predicted molar refractivity (Wildman–Crippen MR) is 184 cm³/mol. The molecule has 2 amide bonds. The van der Waals surface area contributed by atoms with E-state index in [9.17, 15) is 19.2 Å².